The highest BCUT2D eigenvalue weighted by atomic mass is 35.5. The molecule has 2 amide bonds. The molecule has 1 heterocycles. The SMILES string of the molecule is CCS(=O)(=O)c1cccc(C(=O)N2[C@@H](C(=O)N[C@H](C)c3cc(F)c(Cl)cc3F)CC3C[C@H]32)c1. The van der Waals surface area contributed by atoms with E-state index in [1.165, 1.54) is 43.0 Å². The summed E-state index contributed by atoms with van der Waals surface area (Å²) in [6, 6.07) is 5.86. The molecule has 0 radical (unpaired) electrons. The normalized spacial score (nSPS) is 22.6. The molecule has 2 fully saturated rings. The minimum atomic E-state index is -3.49. The molecule has 1 unspecified atom stereocenters. The van der Waals surface area contributed by atoms with Gasteiger partial charge in [-0.3, -0.25) is 9.59 Å². The second kappa shape index (κ2) is 8.68. The summed E-state index contributed by atoms with van der Waals surface area (Å²) >= 11 is 5.60. The molecule has 4 rings (SSSR count). The van der Waals surface area contributed by atoms with Gasteiger partial charge in [0, 0.05) is 17.2 Å². The first-order valence-electron chi connectivity index (χ1n) is 10.6. The van der Waals surface area contributed by atoms with Gasteiger partial charge in [-0.2, -0.15) is 0 Å². The van der Waals surface area contributed by atoms with Crippen molar-refractivity contribution in [1.82, 2.24) is 10.2 Å². The fraction of sp³-hybridized carbons (Fsp3) is 0.391. The van der Waals surface area contributed by atoms with Crippen LogP contribution >= 0.6 is 11.6 Å². The number of sulfone groups is 1. The molecule has 1 saturated carbocycles. The van der Waals surface area contributed by atoms with Crippen LogP contribution in [0.25, 0.3) is 0 Å². The molecular weight excluding hydrogens is 474 g/mol. The Kier molecular flexibility index (Phi) is 6.22. The second-order valence-corrected chi connectivity index (χ2v) is 11.2. The zero-order valence-corrected chi connectivity index (χ0v) is 19.6. The van der Waals surface area contributed by atoms with Crippen molar-refractivity contribution in [2.45, 2.75) is 49.7 Å². The van der Waals surface area contributed by atoms with E-state index < -0.39 is 45.4 Å². The predicted octanol–water partition coefficient (Wildman–Crippen LogP) is 3.89. The van der Waals surface area contributed by atoms with Crippen LogP contribution < -0.4 is 5.32 Å². The number of nitrogens with one attached hydrogen (secondary N) is 1. The van der Waals surface area contributed by atoms with Crippen LogP contribution in [0.2, 0.25) is 5.02 Å². The molecule has 2 aromatic carbocycles. The molecule has 0 bridgehead atoms. The van der Waals surface area contributed by atoms with Crippen LogP contribution in [0.15, 0.2) is 41.3 Å². The van der Waals surface area contributed by atoms with Gasteiger partial charge < -0.3 is 10.2 Å². The smallest absolute Gasteiger partial charge is 0.254 e. The number of hydrogen-bond acceptors (Lipinski definition) is 4. The van der Waals surface area contributed by atoms with Crippen molar-refractivity contribution in [1.29, 1.82) is 0 Å². The predicted molar refractivity (Wildman–Crippen MR) is 119 cm³/mol. The maximum atomic E-state index is 14.3. The Balaban J connectivity index is 1.55. The summed E-state index contributed by atoms with van der Waals surface area (Å²) < 4.78 is 52.5. The Morgan fingerprint density at radius 1 is 1.18 bits per heavy atom. The third-order valence-corrected chi connectivity index (χ3v) is 8.35. The molecule has 0 spiro atoms. The van der Waals surface area contributed by atoms with Gasteiger partial charge in [0.1, 0.15) is 17.7 Å². The van der Waals surface area contributed by atoms with Gasteiger partial charge in [-0.15, -0.1) is 0 Å². The Bertz CT molecular complexity index is 1240. The van der Waals surface area contributed by atoms with Crippen LogP contribution in [0.4, 0.5) is 8.78 Å². The summed E-state index contributed by atoms with van der Waals surface area (Å²) in [7, 11) is -3.49. The van der Waals surface area contributed by atoms with Gasteiger partial charge in [0.05, 0.1) is 21.7 Å². The van der Waals surface area contributed by atoms with Crippen LogP contribution in [0.3, 0.4) is 0 Å². The molecule has 2 aromatic rings. The number of amides is 2. The fourth-order valence-corrected chi connectivity index (χ4v) is 5.45. The summed E-state index contributed by atoms with van der Waals surface area (Å²) in [6.07, 6.45) is 1.23. The first-order valence-corrected chi connectivity index (χ1v) is 12.7. The molecule has 6 nitrogen and oxygen atoms in total. The minimum Gasteiger partial charge on any atom is -0.348 e. The van der Waals surface area contributed by atoms with Crippen molar-refractivity contribution >= 4 is 33.3 Å². The quantitative estimate of drug-likeness (QED) is 0.615. The first-order chi connectivity index (χ1) is 15.5. The van der Waals surface area contributed by atoms with Crippen LogP contribution in [-0.2, 0) is 14.6 Å². The zero-order valence-electron chi connectivity index (χ0n) is 18.0. The largest absolute Gasteiger partial charge is 0.348 e. The lowest BCUT2D eigenvalue weighted by atomic mass is 10.1. The summed E-state index contributed by atoms with van der Waals surface area (Å²) in [6.45, 7) is 3.04. The van der Waals surface area contributed by atoms with E-state index in [9.17, 15) is 26.8 Å². The highest BCUT2D eigenvalue weighted by molar-refractivity contribution is 7.91. The Labute approximate surface area is 195 Å². The fourth-order valence-electron chi connectivity index (χ4n) is 4.38. The lowest BCUT2D eigenvalue weighted by molar-refractivity contribution is -0.126. The van der Waals surface area contributed by atoms with Gasteiger partial charge in [-0.25, -0.2) is 17.2 Å². The molecule has 33 heavy (non-hydrogen) atoms. The third-order valence-electron chi connectivity index (χ3n) is 6.33. The van der Waals surface area contributed by atoms with Gasteiger partial charge in [0.2, 0.25) is 5.91 Å². The van der Waals surface area contributed by atoms with Crippen molar-refractivity contribution in [3.8, 4) is 0 Å². The highest BCUT2D eigenvalue weighted by Crippen LogP contribution is 2.48. The molecule has 1 N–H and O–H groups in total. The van der Waals surface area contributed by atoms with E-state index in [0.717, 1.165) is 18.6 Å². The Morgan fingerprint density at radius 2 is 1.91 bits per heavy atom. The topological polar surface area (TPSA) is 83.6 Å². The van der Waals surface area contributed by atoms with Gasteiger partial charge in [0.25, 0.3) is 5.91 Å². The number of nitrogens with zero attached hydrogens (tertiary/aromatic N) is 1. The molecule has 176 valence electrons. The number of halogens is 3. The maximum Gasteiger partial charge on any atom is 0.254 e. The van der Waals surface area contributed by atoms with E-state index in [0.29, 0.717) is 6.42 Å². The molecule has 1 aliphatic heterocycles. The van der Waals surface area contributed by atoms with Crippen LogP contribution in [-0.4, -0.2) is 43.0 Å². The number of piperidine rings is 1. The minimum absolute atomic E-state index is 0.0521. The van der Waals surface area contributed by atoms with E-state index in [1.54, 1.807) is 0 Å². The van der Waals surface area contributed by atoms with Gasteiger partial charge in [-0.05, 0) is 56.0 Å². The van der Waals surface area contributed by atoms with Gasteiger partial charge in [0.15, 0.2) is 9.84 Å². The van der Waals surface area contributed by atoms with E-state index in [4.69, 9.17) is 11.6 Å². The third kappa shape index (κ3) is 4.48. The van der Waals surface area contributed by atoms with Crippen molar-refractivity contribution < 1.29 is 26.8 Å². The van der Waals surface area contributed by atoms with Crippen molar-refractivity contribution in [3.63, 3.8) is 0 Å². The average Bonchev–Trinajstić information content (AvgIpc) is 3.45. The number of likely N-dealkylation sites (tertiary alicyclic amines) is 1. The average molecular weight is 497 g/mol. The van der Waals surface area contributed by atoms with Gasteiger partial charge in [-0.1, -0.05) is 24.6 Å². The van der Waals surface area contributed by atoms with E-state index in [1.807, 2.05) is 0 Å². The van der Waals surface area contributed by atoms with E-state index in [-0.39, 0.29) is 38.8 Å². The van der Waals surface area contributed by atoms with Crippen LogP contribution in [0.1, 0.15) is 48.7 Å². The number of fused-ring (bicyclic) bond motifs is 1. The van der Waals surface area contributed by atoms with E-state index >= 15 is 0 Å². The van der Waals surface area contributed by atoms with Crippen molar-refractivity contribution in [3.05, 3.63) is 64.2 Å². The lowest BCUT2D eigenvalue weighted by Crippen LogP contribution is -2.48. The molecule has 4 atom stereocenters. The molecule has 0 aromatic heterocycles. The molecule has 1 saturated heterocycles. The second-order valence-electron chi connectivity index (χ2n) is 8.48. The number of carbonyl (C=O) groups excluding carboxylic acids is 2. The number of hydrogen-bond donors (Lipinski definition) is 1. The summed E-state index contributed by atoms with van der Waals surface area (Å²) in [4.78, 5) is 27.9. The summed E-state index contributed by atoms with van der Waals surface area (Å²) in [5, 5.41) is 2.32. The van der Waals surface area contributed by atoms with Crippen LogP contribution in [0, 0.1) is 17.6 Å². The summed E-state index contributed by atoms with van der Waals surface area (Å²) in [5.74, 6) is -2.35. The summed E-state index contributed by atoms with van der Waals surface area (Å²) in [5.41, 5.74) is 0.137. The molecule has 1 aliphatic carbocycles. The highest BCUT2D eigenvalue weighted by Gasteiger charge is 2.56. The zero-order chi connectivity index (χ0) is 24.1. The number of benzene rings is 2. The van der Waals surface area contributed by atoms with Gasteiger partial charge >= 0.3 is 0 Å². The van der Waals surface area contributed by atoms with E-state index in [2.05, 4.69) is 5.32 Å². The monoisotopic (exact) mass is 496 g/mol. The first kappa shape index (κ1) is 23.6. The molecule has 10 heteroatoms. The van der Waals surface area contributed by atoms with Crippen LogP contribution in [0.5, 0.6) is 0 Å². The Morgan fingerprint density at radius 3 is 2.61 bits per heavy atom. The standard InChI is InChI=1S/C23H23ClF2N2O4S/c1-3-33(31,32)15-6-4-5-13(7-15)23(30)28-20-8-14(20)9-21(28)22(29)27-12(2)16-10-19(26)17(24)11-18(16)25/h4-7,10-12,14,20-21H,3,8-9H2,1-2H3,(H,27,29)/t12-,14?,20-,21-/m1/s1. The molecule has 2 aliphatic rings. The molecular formula is C23H23ClF2N2O4S. The Hall–Kier alpha value is -2.52. The van der Waals surface area contributed by atoms with Crippen molar-refractivity contribution in [2.75, 3.05) is 5.75 Å². The lowest BCUT2D eigenvalue weighted by Gasteiger charge is -2.28. The van der Waals surface area contributed by atoms with Crippen molar-refractivity contribution in [2.24, 2.45) is 5.92 Å². The maximum absolute atomic E-state index is 14.3. The number of rotatable bonds is 6. The number of carbonyl (C=O) groups is 2.